The first-order valence-electron chi connectivity index (χ1n) is 22.2. The number of nitriles is 1. The number of carbonyl (C=O) groups excluding carboxylic acids is 5. The second-order valence-corrected chi connectivity index (χ2v) is 16.1. The molecule has 0 radical (unpaired) electrons. The van der Waals surface area contributed by atoms with Gasteiger partial charge in [0.05, 0.1) is 22.8 Å². The van der Waals surface area contributed by atoms with Gasteiger partial charge in [-0.15, -0.1) is 0 Å². The smallest absolute Gasteiger partial charge is 0.253 e. The highest BCUT2D eigenvalue weighted by molar-refractivity contribution is 6.02. The highest BCUT2D eigenvalue weighted by atomic mass is 16.5. The molecule has 0 saturated carbocycles. The number of nitrogens with one attached hydrogen (secondary N) is 4. The summed E-state index contributed by atoms with van der Waals surface area (Å²) in [5.41, 5.74) is 22.3. The summed E-state index contributed by atoms with van der Waals surface area (Å²) in [7, 11) is 1.44. The Kier molecular flexibility index (Phi) is 18.2. The van der Waals surface area contributed by atoms with Gasteiger partial charge in [-0.25, -0.2) is 0 Å². The Labute approximate surface area is 380 Å². The first-order valence-corrected chi connectivity index (χ1v) is 22.2. The largest absolute Gasteiger partial charge is 0.492 e. The summed E-state index contributed by atoms with van der Waals surface area (Å²) >= 11 is 0. The van der Waals surface area contributed by atoms with Crippen LogP contribution in [-0.4, -0.2) is 104 Å². The van der Waals surface area contributed by atoms with E-state index in [0.29, 0.717) is 45.0 Å². The Morgan fingerprint density at radius 2 is 1.62 bits per heavy atom. The summed E-state index contributed by atoms with van der Waals surface area (Å²) in [6.07, 6.45) is 5.46. The maximum atomic E-state index is 14.7. The van der Waals surface area contributed by atoms with Crippen LogP contribution in [0.5, 0.6) is 11.5 Å². The lowest BCUT2D eigenvalue weighted by molar-refractivity contribution is -0.141. The van der Waals surface area contributed by atoms with Crippen molar-refractivity contribution in [1.29, 1.82) is 5.26 Å². The van der Waals surface area contributed by atoms with Crippen LogP contribution in [0.2, 0.25) is 0 Å². The summed E-state index contributed by atoms with van der Waals surface area (Å²) < 4.78 is 12.2. The number of aromatic nitrogens is 1. The highest BCUT2D eigenvalue weighted by Crippen LogP contribution is 2.40. The quantitative estimate of drug-likeness (QED) is 0.0529. The fourth-order valence-corrected chi connectivity index (χ4v) is 7.83. The number of fused-ring (bicyclic) bond motifs is 6. The summed E-state index contributed by atoms with van der Waals surface area (Å²) in [6, 6.07) is 15.0. The van der Waals surface area contributed by atoms with Crippen LogP contribution in [0.25, 0.3) is 22.0 Å². The zero-order valence-corrected chi connectivity index (χ0v) is 37.7. The number of hydrogen-bond acceptors (Lipinski definition) is 12. The SMILES string of the molecule is CCCCCCc1ccc2nc(C)c(C(=O)N[C@@H](CCN)C(=O)N(C)[C@@H]3C(=O)N[C@@H](C)C(=O)N[C@H](C(=O)NCC#N)Cc4ccc(OCCN)c(c4)-c4cc3ccc4OCCN)cc2c1. The molecule has 4 atom stereocenters. The number of benzene rings is 3. The van der Waals surface area contributed by atoms with E-state index >= 15 is 0 Å². The molecule has 1 aromatic heterocycles. The van der Waals surface area contributed by atoms with Gasteiger partial charge in [-0.05, 0) is 98.8 Å². The summed E-state index contributed by atoms with van der Waals surface area (Å²) in [5.74, 6) is -2.41. The summed E-state index contributed by atoms with van der Waals surface area (Å²) in [5, 5.41) is 20.8. The fraction of sp³-hybridized carbons (Fsp3) is 0.438. The van der Waals surface area contributed by atoms with Crippen molar-refractivity contribution in [2.24, 2.45) is 17.2 Å². The van der Waals surface area contributed by atoms with Gasteiger partial charge in [-0.3, -0.25) is 29.0 Å². The van der Waals surface area contributed by atoms with E-state index in [-0.39, 0.29) is 52.2 Å². The number of hydrogen-bond donors (Lipinski definition) is 7. The van der Waals surface area contributed by atoms with Crippen LogP contribution in [0.15, 0.2) is 60.7 Å². The lowest BCUT2D eigenvalue weighted by atomic mass is 9.93. The molecule has 0 saturated heterocycles. The third-order valence-electron chi connectivity index (χ3n) is 11.2. The summed E-state index contributed by atoms with van der Waals surface area (Å²) in [4.78, 5) is 76.4. The predicted octanol–water partition coefficient (Wildman–Crippen LogP) is 2.84. The fourth-order valence-electron chi connectivity index (χ4n) is 7.83. The van der Waals surface area contributed by atoms with Crippen molar-refractivity contribution in [3.05, 3.63) is 88.6 Å². The molecule has 17 heteroatoms. The molecule has 1 aliphatic rings. The van der Waals surface area contributed by atoms with Crippen molar-refractivity contribution in [1.82, 2.24) is 31.2 Å². The van der Waals surface area contributed by atoms with Crippen molar-refractivity contribution in [3.63, 3.8) is 0 Å². The molecule has 10 N–H and O–H groups in total. The first kappa shape index (κ1) is 49.4. The molecule has 5 amide bonds. The molecule has 65 heavy (non-hydrogen) atoms. The zero-order chi connectivity index (χ0) is 47.0. The molecule has 4 aromatic rings. The van der Waals surface area contributed by atoms with Crippen LogP contribution in [-0.2, 0) is 32.0 Å². The number of nitrogens with zero attached hydrogens (tertiary/aromatic N) is 3. The van der Waals surface area contributed by atoms with Crippen molar-refractivity contribution in [2.45, 2.75) is 89.9 Å². The van der Waals surface area contributed by atoms with Crippen LogP contribution >= 0.6 is 0 Å². The highest BCUT2D eigenvalue weighted by Gasteiger charge is 2.36. The van der Waals surface area contributed by atoms with Crippen molar-refractivity contribution in [2.75, 3.05) is 46.4 Å². The van der Waals surface area contributed by atoms with Crippen LogP contribution in [0, 0.1) is 18.3 Å². The average Bonchev–Trinajstić information content (AvgIpc) is 3.29. The van der Waals surface area contributed by atoms with Gasteiger partial charge in [0.25, 0.3) is 5.91 Å². The van der Waals surface area contributed by atoms with E-state index in [0.717, 1.165) is 42.1 Å². The minimum absolute atomic E-state index is 0.00951. The standard InChI is InChI=1S/C48H62N10O7/c1-5-6-7-8-9-31-10-13-38-34(24-31)28-35(29(2)54-38)45(60)56-39(16-17-49)48(63)58(4)43-33-12-15-42(65-23-20-52)37(27-33)36-25-32(11-14-41(36)64-22-19-51)26-40(46(61)53-21-18-50)57-44(59)30(3)55-47(43)62/h10-15,24-25,27-28,30,39-40,43H,5-9,16-17,19-23,26,49,51-52H2,1-4H3,(H,53,61)(H,55,62)(H,56,60)(H,57,59)/t30-,39-,40-,43-/m0/s1. The van der Waals surface area contributed by atoms with Gasteiger partial charge in [0.1, 0.15) is 55.4 Å². The van der Waals surface area contributed by atoms with Crippen LogP contribution in [0.4, 0.5) is 0 Å². The third-order valence-corrected chi connectivity index (χ3v) is 11.2. The van der Waals surface area contributed by atoms with E-state index in [1.807, 2.05) is 18.2 Å². The molecule has 0 aliphatic carbocycles. The monoisotopic (exact) mass is 890 g/mol. The number of nitrogens with two attached hydrogens (primary N) is 3. The number of unbranched alkanes of at least 4 members (excludes halogenated alkanes) is 3. The summed E-state index contributed by atoms with van der Waals surface area (Å²) in [6.45, 7) is 5.79. The Hall–Kier alpha value is -6.61. The van der Waals surface area contributed by atoms with E-state index in [1.54, 1.807) is 49.4 Å². The van der Waals surface area contributed by atoms with E-state index in [9.17, 15) is 24.0 Å². The lowest BCUT2D eigenvalue weighted by Crippen LogP contribution is -2.56. The zero-order valence-electron chi connectivity index (χ0n) is 37.7. The van der Waals surface area contributed by atoms with Crippen molar-refractivity contribution >= 4 is 40.4 Å². The average molecular weight is 891 g/mol. The third kappa shape index (κ3) is 12.8. The molecule has 5 rings (SSSR count). The number of carbonyl (C=O) groups is 5. The molecule has 0 fully saturated rings. The second-order valence-electron chi connectivity index (χ2n) is 16.1. The molecule has 1 aliphatic heterocycles. The number of ether oxygens (including phenoxy) is 2. The first-order chi connectivity index (χ1) is 31.3. The number of rotatable bonds is 19. The Balaban J connectivity index is 1.57. The number of likely N-dealkylation sites (N-methyl/N-ethyl adjacent to an activating group) is 1. The maximum absolute atomic E-state index is 14.7. The van der Waals surface area contributed by atoms with Gasteiger partial charge >= 0.3 is 0 Å². The van der Waals surface area contributed by atoms with Gasteiger partial charge < -0.3 is 52.8 Å². The lowest BCUT2D eigenvalue weighted by Gasteiger charge is -2.32. The Morgan fingerprint density at radius 1 is 0.908 bits per heavy atom. The minimum atomic E-state index is -1.38. The van der Waals surface area contributed by atoms with Crippen molar-refractivity contribution in [3.8, 4) is 28.7 Å². The van der Waals surface area contributed by atoms with Gasteiger partial charge in [0.15, 0.2) is 0 Å². The van der Waals surface area contributed by atoms with Crippen LogP contribution < -0.4 is 47.9 Å². The van der Waals surface area contributed by atoms with E-state index in [4.69, 9.17) is 36.9 Å². The maximum Gasteiger partial charge on any atom is 0.253 e. The molecule has 17 nitrogen and oxygen atoms in total. The molecule has 0 unspecified atom stereocenters. The van der Waals surface area contributed by atoms with Crippen LogP contribution in [0.1, 0.15) is 84.7 Å². The van der Waals surface area contributed by atoms with Gasteiger partial charge in [-0.1, -0.05) is 44.4 Å². The number of aryl methyl sites for hydroxylation is 2. The van der Waals surface area contributed by atoms with E-state index in [2.05, 4.69) is 34.3 Å². The molecule has 346 valence electrons. The normalized spacial score (nSPS) is 16.6. The Morgan fingerprint density at radius 3 is 2.29 bits per heavy atom. The second kappa shape index (κ2) is 23.9. The van der Waals surface area contributed by atoms with Crippen LogP contribution in [0.3, 0.4) is 0 Å². The van der Waals surface area contributed by atoms with Gasteiger partial charge in [-0.2, -0.15) is 5.26 Å². The molecular weight excluding hydrogens is 829 g/mol. The molecule has 3 aromatic carbocycles. The van der Waals surface area contributed by atoms with E-state index in [1.165, 1.54) is 25.3 Å². The Bertz CT molecular complexity index is 2380. The molecule has 4 bridgehead atoms. The molecule has 0 spiro atoms. The van der Waals surface area contributed by atoms with Crippen molar-refractivity contribution < 1.29 is 33.4 Å². The van der Waals surface area contributed by atoms with E-state index < -0.39 is 53.7 Å². The molecule has 2 heterocycles. The topological polar surface area (TPSA) is 270 Å². The molecular formula is C48H62N10O7. The number of pyridine rings is 1. The minimum Gasteiger partial charge on any atom is -0.492 e. The van der Waals surface area contributed by atoms with Gasteiger partial charge in [0, 0.05) is 43.1 Å². The predicted molar refractivity (Wildman–Crippen MR) is 248 cm³/mol. The van der Waals surface area contributed by atoms with Gasteiger partial charge in [0.2, 0.25) is 23.6 Å². The number of amides is 5.